The van der Waals surface area contributed by atoms with E-state index < -0.39 is 10.0 Å². The molecule has 1 aromatic heterocycles. The fourth-order valence-corrected chi connectivity index (χ4v) is 4.51. The number of carbonyl (C=O) groups is 1. The van der Waals surface area contributed by atoms with Crippen LogP contribution in [0.25, 0.3) is 10.4 Å². The summed E-state index contributed by atoms with van der Waals surface area (Å²) >= 11 is 1.40. The van der Waals surface area contributed by atoms with E-state index in [1.165, 1.54) is 23.5 Å². The SMILES string of the molecule is Cc1nc(NC(=O)CCNS(=O)(=O)c2ccccc2)sc1-c1ccccc1. The predicted octanol–water partition coefficient (Wildman–Crippen LogP) is 3.43. The molecule has 0 radical (unpaired) electrons. The number of hydrogen-bond donors (Lipinski definition) is 2. The van der Waals surface area contributed by atoms with E-state index in [-0.39, 0.29) is 23.8 Å². The van der Waals surface area contributed by atoms with E-state index in [1.54, 1.807) is 18.2 Å². The van der Waals surface area contributed by atoms with Gasteiger partial charge in [-0.15, -0.1) is 0 Å². The number of aromatic nitrogens is 1. The number of hydrogen-bond acceptors (Lipinski definition) is 5. The average molecular weight is 402 g/mol. The summed E-state index contributed by atoms with van der Waals surface area (Å²) in [6.07, 6.45) is 0.0192. The molecule has 0 fully saturated rings. The maximum atomic E-state index is 12.1. The summed E-state index contributed by atoms with van der Waals surface area (Å²) in [4.78, 5) is 17.7. The Hall–Kier alpha value is -2.55. The van der Waals surface area contributed by atoms with Crippen molar-refractivity contribution in [1.82, 2.24) is 9.71 Å². The number of sulfonamides is 1. The lowest BCUT2D eigenvalue weighted by Gasteiger charge is -2.06. The Morgan fingerprint density at radius 1 is 1.04 bits per heavy atom. The molecule has 2 N–H and O–H groups in total. The monoisotopic (exact) mass is 401 g/mol. The smallest absolute Gasteiger partial charge is 0.240 e. The van der Waals surface area contributed by atoms with Gasteiger partial charge in [-0.2, -0.15) is 0 Å². The molecule has 140 valence electrons. The number of amides is 1. The molecule has 0 atom stereocenters. The van der Waals surface area contributed by atoms with Crippen LogP contribution < -0.4 is 10.0 Å². The van der Waals surface area contributed by atoms with Crippen molar-refractivity contribution < 1.29 is 13.2 Å². The summed E-state index contributed by atoms with van der Waals surface area (Å²) in [6, 6.07) is 17.9. The van der Waals surface area contributed by atoms with Crippen molar-refractivity contribution in [3.63, 3.8) is 0 Å². The lowest BCUT2D eigenvalue weighted by molar-refractivity contribution is -0.116. The molecule has 6 nitrogen and oxygen atoms in total. The second-order valence-electron chi connectivity index (χ2n) is 5.81. The number of rotatable bonds is 7. The summed E-state index contributed by atoms with van der Waals surface area (Å²) in [5, 5.41) is 3.23. The minimum Gasteiger partial charge on any atom is -0.302 e. The van der Waals surface area contributed by atoms with Gasteiger partial charge in [-0.3, -0.25) is 4.79 Å². The van der Waals surface area contributed by atoms with Crippen molar-refractivity contribution in [3.05, 3.63) is 66.4 Å². The molecule has 0 aliphatic heterocycles. The Morgan fingerprint density at radius 2 is 1.67 bits per heavy atom. The molecule has 1 amide bonds. The Balaban J connectivity index is 1.56. The highest BCUT2D eigenvalue weighted by atomic mass is 32.2. The van der Waals surface area contributed by atoms with Crippen molar-refractivity contribution in [2.24, 2.45) is 0 Å². The van der Waals surface area contributed by atoms with Crippen LogP contribution in [0.4, 0.5) is 5.13 Å². The number of anilines is 1. The van der Waals surface area contributed by atoms with Gasteiger partial charge < -0.3 is 5.32 Å². The molecule has 8 heteroatoms. The third kappa shape index (κ3) is 5.00. The first-order chi connectivity index (χ1) is 13.0. The van der Waals surface area contributed by atoms with Gasteiger partial charge in [0, 0.05) is 13.0 Å². The minimum atomic E-state index is -3.61. The summed E-state index contributed by atoms with van der Waals surface area (Å²) in [6.45, 7) is 1.90. The summed E-state index contributed by atoms with van der Waals surface area (Å²) < 4.78 is 26.7. The molecule has 2 aromatic carbocycles. The average Bonchev–Trinajstić information content (AvgIpc) is 3.03. The predicted molar refractivity (Wildman–Crippen MR) is 107 cm³/mol. The van der Waals surface area contributed by atoms with Crippen LogP contribution in [0.5, 0.6) is 0 Å². The van der Waals surface area contributed by atoms with Crippen molar-refractivity contribution in [2.75, 3.05) is 11.9 Å². The van der Waals surface area contributed by atoms with Gasteiger partial charge in [0.1, 0.15) is 0 Å². The molecular weight excluding hydrogens is 382 g/mol. The Morgan fingerprint density at radius 3 is 2.33 bits per heavy atom. The standard InChI is InChI=1S/C19H19N3O3S2/c1-14-18(15-8-4-2-5-9-15)26-19(21-14)22-17(23)12-13-20-27(24,25)16-10-6-3-7-11-16/h2-11,20H,12-13H2,1H3,(H,21,22,23). The van der Waals surface area contributed by atoms with Crippen molar-refractivity contribution in [2.45, 2.75) is 18.2 Å². The van der Waals surface area contributed by atoms with Crippen LogP contribution in [-0.4, -0.2) is 25.9 Å². The number of nitrogens with zero attached hydrogens (tertiary/aromatic N) is 1. The van der Waals surface area contributed by atoms with Crippen LogP contribution >= 0.6 is 11.3 Å². The summed E-state index contributed by atoms with van der Waals surface area (Å²) in [7, 11) is -3.61. The number of nitrogens with one attached hydrogen (secondary N) is 2. The molecule has 0 unspecified atom stereocenters. The maximum Gasteiger partial charge on any atom is 0.240 e. The molecule has 0 bridgehead atoms. The van der Waals surface area contributed by atoms with Crippen LogP contribution in [0.3, 0.4) is 0 Å². The molecule has 3 rings (SSSR count). The Kier molecular flexibility index (Phi) is 6.00. The first-order valence-corrected chi connectivity index (χ1v) is 10.6. The third-order valence-electron chi connectivity index (χ3n) is 3.78. The fourth-order valence-electron chi connectivity index (χ4n) is 2.47. The fraction of sp³-hybridized carbons (Fsp3) is 0.158. The zero-order chi connectivity index (χ0) is 19.3. The van der Waals surface area contributed by atoms with Crippen molar-refractivity contribution in [3.8, 4) is 10.4 Å². The highest BCUT2D eigenvalue weighted by molar-refractivity contribution is 7.89. The van der Waals surface area contributed by atoms with E-state index in [0.717, 1.165) is 16.1 Å². The number of aryl methyl sites for hydroxylation is 1. The van der Waals surface area contributed by atoms with E-state index in [1.807, 2.05) is 37.3 Å². The normalized spacial score (nSPS) is 11.3. The maximum absolute atomic E-state index is 12.1. The van der Waals surface area contributed by atoms with Crippen LogP contribution in [-0.2, 0) is 14.8 Å². The van der Waals surface area contributed by atoms with Gasteiger partial charge in [0.2, 0.25) is 15.9 Å². The number of thiazole rings is 1. The van der Waals surface area contributed by atoms with Crippen LogP contribution in [0, 0.1) is 6.92 Å². The van der Waals surface area contributed by atoms with Gasteiger partial charge in [-0.25, -0.2) is 18.1 Å². The molecule has 0 aliphatic rings. The lowest BCUT2D eigenvalue weighted by Crippen LogP contribution is -2.27. The lowest BCUT2D eigenvalue weighted by atomic mass is 10.2. The Bertz CT molecular complexity index is 1020. The number of carbonyl (C=O) groups excluding carboxylic acids is 1. The van der Waals surface area contributed by atoms with E-state index in [0.29, 0.717) is 5.13 Å². The van der Waals surface area contributed by atoms with Crippen LogP contribution in [0.1, 0.15) is 12.1 Å². The topological polar surface area (TPSA) is 88.2 Å². The van der Waals surface area contributed by atoms with Crippen molar-refractivity contribution >= 4 is 32.4 Å². The minimum absolute atomic E-state index is 0.0129. The molecule has 1 heterocycles. The molecule has 27 heavy (non-hydrogen) atoms. The van der Waals surface area contributed by atoms with Gasteiger partial charge in [0.05, 0.1) is 15.5 Å². The molecule has 3 aromatic rings. The first-order valence-electron chi connectivity index (χ1n) is 8.33. The third-order valence-corrected chi connectivity index (χ3v) is 6.38. The molecular formula is C19H19N3O3S2. The molecule has 0 saturated carbocycles. The quantitative estimate of drug-likeness (QED) is 0.635. The highest BCUT2D eigenvalue weighted by Gasteiger charge is 2.15. The van der Waals surface area contributed by atoms with Crippen LogP contribution in [0.2, 0.25) is 0 Å². The summed E-state index contributed by atoms with van der Waals surface area (Å²) in [5.41, 5.74) is 1.88. The van der Waals surface area contributed by atoms with Gasteiger partial charge in [0.25, 0.3) is 0 Å². The van der Waals surface area contributed by atoms with Gasteiger partial charge in [-0.05, 0) is 24.6 Å². The molecule has 0 saturated heterocycles. The molecule has 0 aliphatic carbocycles. The van der Waals surface area contributed by atoms with Crippen molar-refractivity contribution in [1.29, 1.82) is 0 Å². The second kappa shape index (κ2) is 8.43. The number of benzene rings is 2. The van der Waals surface area contributed by atoms with E-state index in [4.69, 9.17) is 0 Å². The van der Waals surface area contributed by atoms with E-state index >= 15 is 0 Å². The van der Waals surface area contributed by atoms with Gasteiger partial charge >= 0.3 is 0 Å². The first kappa shape index (κ1) is 19.2. The van der Waals surface area contributed by atoms with E-state index in [2.05, 4.69) is 15.0 Å². The zero-order valence-corrected chi connectivity index (χ0v) is 16.3. The van der Waals surface area contributed by atoms with Gasteiger partial charge in [0.15, 0.2) is 5.13 Å². The van der Waals surface area contributed by atoms with Crippen LogP contribution in [0.15, 0.2) is 65.6 Å². The van der Waals surface area contributed by atoms with E-state index in [9.17, 15) is 13.2 Å². The Labute approximate surface area is 162 Å². The highest BCUT2D eigenvalue weighted by Crippen LogP contribution is 2.32. The largest absolute Gasteiger partial charge is 0.302 e. The van der Waals surface area contributed by atoms with Gasteiger partial charge in [-0.1, -0.05) is 59.9 Å². The molecule has 0 spiro atoms. The second-order valence-corrected chi connectivity index (χ2v) is 8.57. The zero-order valence-electron chi connectivity index (χ0n) is 14.7. The summed E-state index contributed by atoms with van der Waals surface area (Å²) in [5.74, 6) is -0.292.